The number of hydrogen-bond donors (Lipinski definition) is 2. The van der Waals surface area contributed by atoms with Crippen molar-refractivity contribution in [2.24, 2.45) is 10.9 Å². The Morgan fingerprint density at radius 3 is 2.41 bits per heavy atom. The third-order valence-electron chi connectivity index (χ3n) is 2.82. The summed E-state index contributed by atoms with van der Waals surface area (Å²) in [5.74, 6) is 0.847. The molecule has 0 aromatic heterocycles. The molecule has 0 radical (unpaired) electrons. The molecule has 1 amide bonds. The Morgan fingerprint density at radius 1 is 1.32 bits per heavy atom. The van der Waals surface area contributed by atoms with E-state index in [-0.39, 0.29) is 17.8 Å². The largest absolute Gasteiger partial charge is 0.491 e. The molecule has 0 aliphatic carbocycles. The highest BCUT2D eigenvalue weighted by Gasteiger charge is 2.24. The van der Waals surface area contributed by atoms with Gasteiger partial charge in [-0.2, -0.15) is 0 Å². The molecule has 0 bridgehead atoms. The summed E-state index contributed by atoms with van der Waals surface area (Å²) in [6, 6.07) is 7.57. The summed E-state index contributed by atoms with van der Waals surface area (Å²) in [6.07, 6.45) is 0.141. The molecule has 0 aliphatic rings. The van der Waals surface area contributed by atoms with Gasteiger partial charge in [0.15, 0.2) is 5.84 Å². The number of hydrogen-bond acceptors (Lipinski definition) is 4. The van der Waals surface area contributed by atoms with Crippen molar-refractivity contribution in [3.05, 3.63) is 29.8 Å². The summed E-state index contributed by atoms with van der Waals surface area (Å²) in [6.45, 7) is 9.19. The number of carbonyl (C=O) groups excluding carboxylic acids is 1. The van der Waals surface area contributed by atoms with Crippen molar-refractivity contribution in [1.29, 1.82) is 0 Å². The fraction of sp³-hybridized carbons (Fsp3) is 0.500. The standard InChI is InChI=1S/C16H25N3O3/c1-11(2)22-14-8-6-13(7-9-14)10-21-19-15(17)16(4,5)18-12(3)20/h6-9,11H,10H2,1-5H3,(H2,17,19)(H,18,20). The summed E-state index contributed by atoms with van der Waals surface area (Å²) in [4.78, 5) is 16.3. The van der Waals surface area contributed by atoms with E-state index in [2.05, 4.69) is 10.5 Å². The maximum Gasteiger partial charge on any atom is 0.217 e. The fourth-order valence-electron chi connectivity index (χ4n) is 1.73. The van der Waals surface area contributed by atoms with Crippen LogP contribution < -0.4 is 15.8 Å². The number of ether oxygens (including phenoxy) is 1. The molecular formula is C16H25N3O3. The van der Waals surface area contributed by atoms with Crippen molar-refractivity contribution in [3.8, 4) is 5.75 Å². The quantitative estimate of drug-likeness (QED) is 0.459. The van der Waals surface area contributed by atoms with Gasteiger partial charge in [0, 0.05) is 6.92 Å². The van der Waals surface area contributed by atoms with Gasteiger partial charge >= 0.3 is 0 Å². The Labute approximate surface area is 131 Å². The molecule has 3 N–H and O–H groups in total. The number of amides is 1. The normalized spacial score (nSPS) is 12.2. The lowest BCUT2D eigenvalue weighted by Crippen LogP contribution is -2.52. The number of oxime groups is 1. The van der Waals surface area contributed by atoms with E-state index in [0.29, 0.717) is 6.61 Å². The van der Waals surface area contributed by atoms with Gasteiger partial charge in [-0.25, -0.2) is 0 Å². The van der Waals surface area contributed by atoms with E-state index in [9.17, 15) is 4.79 Å². The molecular weight excluding hydrogens is 282 g/mol. The topological polar surface area (TPSA) is 85.9 Å². The van der Waals surface area contributed by atoms with Gasteiger partial charge in [0.2, 0.25) is 5.91 Å². The number of nitrogens with two attached hydrogens (primary N) is 1. The number of carbonyl (C=O) groups is 1. The molecule has 0 fully saturated rings. The highest BCUT2D eigenvalue weighted by atomic mass is 16.6. The first-order valence-corrected chi connectivity index (χ1v) is 7.21. The Bertz CT molecular complexity index is 522. The molecule has 0 saturated carbocycles. The minimum atomic E-state index is -0.749. The second-order valence-electron chi connectivity index (χ2n) is 5.87. The third kappa shape index (κ3) is 6.03. The average molecular weight is 307 g/mol. The Kier molecular flexibility index (Phi) is 6.22. The van der Waals surface area contributed by atoms with Gasteiger partial charge in [0.1, 0.15) is 12.4 Å². The summed E-state index contributed by atoms with van der Waals surface area (Å²) >= 11 is 0. The van der Waals surface area contributed by atoms with E-state index in [1.165, 1.54) is 6.92 Å². The van der Waals surface area contributed by atoms with Crippen LogP contribution in [0.25, 0.3) is 0 Å². The van der Waals surface area contributed by atoms with Crippen LogP contribution in [0.15, 0.2) is 29.4 Å². The predicted molar refractivity (Wildman–Crippen MR) is 86.5 cm³/mol. The molecule has 1 aromatic carbocycles. The summed E-state index contributed by atoms with van der Waals surface area (Å²) in [7, 11) is 0. The van der Waals surface area contributed by atoms with Crippen LogP contribution in [0.5, 0.6) is 5.75 Å². The smallest absolute Gasteiger partial charge is 0.217 e. The van der Waals surface area contributed by atoms with E-state index < -0.39 is 5.54 Å². The molecule has 1 rings (SSSR count). The SMILES string of the molecule is CC(=O)NC(C)(C)/C(N)=N\OCc1ccc(OC(C)C)cc1. The van der Waals surface area contributed by atoms with Crippen molar-refractivity contribution >= 4 is 11.7 Å². The van der Waals surface area contributed by atoms with Crippen LogP contribution in [0.1, 0.15) is 40.2 Å². The zero-order chi connectivity index (χ0) is 16.8. The van der Waals surface area contributed by atoms with Crippen LogP contribution in [0.2, 0.25) is 0 Å². The van der Waals surface area contributed by atoms with Gasteiger partial charge in [-0.3, -0.25) is 4.79 Å². The molecule has 0 aliphatic heterocycles. The molecule has 1 aromatic rings. The maximum atomic E-state index is 11.1. The molecule has 22 heavy (non-hydrogen) atoms. The lowest BCUT2D eigenvalue weighted by atomic mass is 10.0. The van der Waals surface area contributed by atoms with Gasteiger partial charge in [0.25, 0.3) is 0 Å². The molecule has 0 atom stereocenters. The average Bonchev–Trinajstić information content (AvgIpc) is 2.38. The first-order valence-electron chi connectivity index (χ1n) is 7.21. The maximum absolute atomic E-state index is 11.1. The van der Waals surface area contributed by atoms with Gasteiger partial charge in [-0.1, -0.05) is 17.3 Å². The van der Waals surface area contributed by atoms with E-state index in [0.717, 1.165) is 11.3 Å². The first-order chi connectivity index (χ1) is 10.2. The van der Waals surface area contributed by atoms with Crippen molar-refractivity contribution in [3.63, 3.8) is 0 Å². The van der Waals surface area contributed by atoms with Crippen molar-refractivity contribution in [2.45, 2.75) is 52.9 Å². The molecule has 6 heteroatoms. The minimum absolute atomic E-state index is 0.141. The molecule has 0 spiro atoms. The number of nitrogens with one attached hydrogen (secondary N) is 1. The zero-order valence-electron chi connectivity index (χ0n) is 13.8. The number of amidine groups is 1. The Balaban J connectivity index is 2.55. The molecule has 122 valence electrons. The number of nitrogens with zero attached hydrogens (tertiary/aromatic N) is 1. The van der Waals surface area contributed by atoms with Crippen LogP contribution in [0.3, 0.4) is 0 Å². The lowest BCUT2D eigenvalue weighted by Gasteiger charge is -2.24. The van der Waals surface area contributed by atoms with E-state index in [1.807, 2.05) is 38.1 Å². The van der Waals surface area contributed by atoms with E-state index in [4.69, 9.17) is 15.3 Å². The zero-order valence-corrected chi connectivity index (χ0v) is 13.8. The highest BCUT2D eigenvalue weighted by molar-refractivity contribution is 5.92. The summed E-state index contributed by atoms with van der Waals surface area (Å²) in [5.41, 5.74) is 6.03. The van der Waals surface area contributed by atoms with Crippen molar-refractivity contribution < 1.29 is 14.4 Å². The fourth-order valence-corrected chi connectivity index (χ4v) is 1.73. The third-order valence-corrected chi connectivity index (χ3v) is 2.82. The minimum Gasteiger partial charge on any atom is -0.491 e. The van der Waals surface area contributed by atoms with Crippen LogP contribution >= 0.6 is 0 Å². The predicted octanol–water partition coefficient (Wildman–Crippen LogP) is 2.18. The molecule has 0 unspecified atom stereocenters. The van der Waals surface area contributed by atoms with Gasteiger partial charge in [0.05, 0.1) is 11.6 Å². The van der Waals surface area contributed by atoms with Crippen LogP contribution in [0.4, 0.5) is 0 Å². The first kappa shape index (κ1) is 17.8. The summed E-state index contributed by atoms with van der Waals surface area (Å²) < 4.78 is 5.56. The Hall–Kier alpha value is -2.24. The lowest BCUT2D eigenvalue weighted by molar-refractivity contribution is -0.119. The van der Waals surface area contributed by atoms with Gasteiger partial charge < -0.3 is 20.6 Å². The Morgan fingerprint density at radius 2 is 1.91 bits per heavy atom. The van der Waals surface area contributed by atoms with E-state index in [1.54, 1.807) is 13.8 Å². The second kappa shape index (κ2) is 7.68. The monoisotopic (exact) mass is 307 g/mol. The second-order valence-corrected chi connectivity index (χ2v) is 5.87. The van der Waals surface area contributed by atoms with Crippen molar-refractivity contribution in [2.75, 3.05) is 0 Å². The molecule has 0 saturated heterocycles. The van der Waals surface area contributed by atoms with Gasteiger partial charge in [-0.15, -0.1) is 0 Å². The van der Waals surface area contributed by atoms with Crippen LogP contribution in [-0.2, 0) is 16.2 Å². The van der Waals surface area contributed by atoms with E-state index >= 15 is 0 Å². The van der Waals surface area contributed by atoms with Crippen molar-refractivity contribution in [1.82, 2.24) is 5.32 Å². The molecule has 0 heterocycles. The number of benzene rings is 1. The number of rotatable bonds is 7. The van der Waals surface area contributed by atoms with Gasteiger partial charge in [-0.05, 0) is 45.4 Å². The summed E-state index contributed by atoms with van der Waals surface area (Å²) in [5, 5.41) is 6.57. The highest BCUT2D eigenvalue weighted by Crippen LogP contribution is 2.14. The molecule has 6 nitrogen and oxygen atoms in total. The van der Waals surface area contributed by atoms with Crippen LogP contribution in [0, 0.1) is 0 Å². The van der Waals surface area contributed by atoms with Crippen LogP contribution in [-0.4, -0.2) is 23.4 Å².